The maximum atomic E-state index is 5.93. The fraction of sp³-hybridized carbons (Fsp3) is 0.474. The van der Waals surface area contributed by atoms with Gasteiger partial charge in [-0.25, -0.2) is 4.98 Å². The van der Waals surface area contributed by atoms with Crippen LogP contribution < -0.4 is 5.32 Å². The first-order chi connectivity index (χ1) is 12.5. The fourth-order valence-electron chi connectivity index (χ4n) is 2.41. The van der Waals surface area contributed by atoms with E-state index in [0.29, 0.717) is 6.54 Å². The van der Waals surface area contributed by atoms with Gasteiger partial charge >= 0.3 is 0 Å². The maximum absolute atomic E-state index is 5.93. The van der Waals surface area contributed by atoms with Crippen LogP contribution in [-0.2, 0) is 17.7 Å². The van der Waals surface area contributed by atoms with Gasteiger partial charge in [0.2, 0.25) is 0 Å². The molecule has 1 N–H and O–H groups in total. The summed E-state index contributed by atoms with van der Waals surface area (Å²) in [7, 11) is 3.73. The molecule has 0 aliphatic rings. The van der Waals surface area contributed by atoms with Gasteiger partial charge in [-0.3, -0.25) is 4.99 Å². The summed E-state index contributed by atoms with van der Waals surface area (Å²) in [4.78, 5) is 11.5. The summed E-state index contributed by atoms with van der Waals surface area (Å²) in [5.41, 5.74) is 2.26. The molecule has 2 rings (SSSR count). The predicted octanol–water partition coefficient (Wildman–Crippen LogP) is 4.76. The minimum absolute atomic E-state index is 0. The highest BCUT2D eigenvalue weighted by molar-refractivity contribution is 14.0. The number of nitrogens with zero attached hydrogens (tertiary/aromatic N) is 3. The minimum atomic E-state index is 0. The number of guanidine groups is 1. The van der Waals surface area contributed by atoms with Gasteiger partial charge < -0.3 is 15.0 Å². The monoisotopic (exact) mass is 522 g/mol. The van der Waals surface area contributed by atoms with Crippen molar-refractivity contribution in [2.75, 3.05) is 27.2 Å². The lowest BCUT2D eigenvalue weighted by Gasteiger charge is -2.21. The first-order valence-corrected chi connectivity index (χ1v) is 10.00. The van der Waals surface area contributed by atoms with Gasteiger partial charge in [-0.1, -0.05) is 23.7 Å². The molecular formula is C19H28ClIN4OS. The number of benzene rings is 1. The summed E-state index contributed by atoms with van der Waals surface area (Å²) in [6, 6.07) is 7.92. The lowest BCUT2D eigenvalue weighted by Crippen LogP contribution is -2.38. The SMILES string of the molecule is CCNC(=NCCc1ccc(Cl)cc1)N(C)Cc1csc(C(C)OC)n1.I. The van der Waals surface area contributed by atoms with Crippen LogP contribution in [-0.4, -0.2) is 43.1 Å². The van der Waals surface area contributed by atoms with E-state index >= 15 is 0 Å². The quantitative estimate of drug-likeness (QED) is 0.308. The van der Waals surface area contributed by atoms with E-state index < -0.39 is 0 Å². The molecule has 8 heteroatoms. The van der Waals surface area contributed by atoms with Crippen LogP contribution in [0.5, 0.6) is 0 Å². The van der Waals surface area contributed by atoms with E-state index in [1.54, 1.807) is 18.4 Å². The van der Waals surface area contributed by atoms with Crippen LogP contribution in [0.4, 0.5) is 0 Å². The number of halogens is 2. The van der Waals surface area contributed by atoms with Crippen molar-refractivity contribution < 1.29 is 4.74 Å². The Labute approximate surface area is 188 Å². The highest BCUT2D eigenvalue weighted by Gasteiger charge is 2.12. The van der Waals surface area contributed by atoms with Crippen molar-refractivity contribution in [2.24, 2.45) is 4.99 Å². The zero-order chi connectivity index (χ0) is 18.9. The summed E-state index contributed by atoms with van der Waals surface area (Å²) in [6.07, 6.45) is 0.909. The Morgan fingerprint density at radius 1 is 1.37 bits per heavy atom. The van der Waals surface area contributed by atoms with Crippen molar-refractivity contribution in [2.45, 2.75) is 32.9 Å². The van der Waals surface area contributed by atoms with Gasteiger partial charge in [0.1, 0.15) is 11.1 Å². The first-order valence-electron chi connectivity index (χ1n) is 8.74. The highest BCUT2D eigenvalue weighted by Crippen LogP contribution is 2.20. The molecule has 1 atom stereocenters. The van der Waals surface area contributed by atoms with Crippen LogP contribution in [0.1, 0.15) is 36.2 Å². The number of nitrogens with one attached hydrogen (secondary N) is 1. The van der Waals surface area contributed by atoms with E-state index in [4.69, 9.17) is 21.3 Å². The van der Waals surface area contributed by atoms with Crippen molar-refractivity contribution in [3.63, 3.8) is 0 Å². The molecule has 0 spiro atoms. The molecule has 0 bridgehead atoms. The first kappa shape index (κ1) is 24.1. The van der Waals surface area contributed by atoms with E-state index in [9.17, 15) is 0 Å². The Morgan fingerprint density at radius 3 is 2.70 bits per heavy atom. The summed E-state index contributed by atoms with van der Waals surface area (Å²) >= 11 is 7.56. The smallest absolute Gasteiger partial charge is 0.194 e. The lowest BCUT2D eigenvalue weighted by atomic mass is 10.1. The molecular weight excluding hydrogens is 495 g/mol. The average Bonchev–Trinajstić information content (AvgIpc) is 3.10. The predicted molar refractivity (Wildman–Crippen MR) is 126 cm³/mol. The van der Waals surface area contributed by atoms with Gasteiger partial charge in [0.05, 0.1) is 12.2 Å². The number of ether oxygens (including phenoxy) is 1. The molecule has 1 heterocycles. The van der Waals surface area contributed by atoms with Gasteiger partial charge in [0.25, 0.3) is 0 Å². The molecule has 27 heavy (non-hydrogen) atoms. The van der Waals surface area contributed by atoms with E-state index in [1.165, 1.54) is 5.56 Å². The molecule has 2 aromatic rings. The second-order valence-electron chi connectivity index (χ2n) is 6.02. The van der Waals surface area contributed by atoms with Crippen LogP contribution in [0, 0.1) is 0 Å². The minimum Gasteiger partial charge on any atom is -0.375 e. The summed E-state index contributed by atoms with van der Waals surface area (Å²) < 4.78 is 5.33. The molecule has 150 valence electrons. The Bertz CT molecular complexity index is 708. The third-order valence-electron chi connectivity index (χ3n) is 3.94. The van der Waals surface area contributed by atoms with Gasteiger partial charge in [-0.05, 0) is 38.0 Å². The summed E-state index contributed by atoms with van der Waals surface area (Å²) in [6.45, 7) is 6.34. The van der Waals surface area contributed by atoms with E-state index in [-0.39, 0.29) is 30.1 Å². The van der Waals surface area contributed by atoms with Gasteiger partial charge in [-0.15, -0.1) is 35.3 Å². The lowest BCUT2D eigenvalue weighted by molar-refractivity contribution is 0.119. The topological polar surface area (TPSA) is 49.8 Å². The molecule has 1 unspecified atom stereocenters. The van der Waals surface area contributed by atoms with Crippen LogP contribution in [0.3, 0.4) is 0 Å². The molecule has 1 aromatic carbocycles. The Morgan fingerprint density at radius 2 is 2.07 bits per heavy atom. The molecule has 5 nitrogen and oxygen atoms in total. The second-order valence-corrected chi connectivity index (χ2v) is 7.35. The Balaban J connectivity index is 0.00000364. The van der Waals surface area contributed by atoms with E-state index in [2.05, 4.69) is 27.5 Å². The second kappa shape index (κ2) is 12.5. The van der Waals surface area contributed by atoms with Gasteiger partial charge in [0, 0.05) is 37.6 Å². The number of thiazole rings is 1. The number of hydrogen-bond donors (Lipinski definition) is 1. The van der Waals surface area contributed by atoms with Crippen molar-refractivity contribution in [1.82, 2.24) is 15.2 Å². The molecule has 0 amide bonds. The van der Waals surface area contributed by atoms with E-state index in [1.807, 2.05) is 38.2 Å². The molecule has 0 saturated carbocycles. The van der Waals surface area contributed by atoms with Gasteiger partial charge in [-0.2, -0.15) is 0 Å². The third kappa shape index (κ3) is 7.93. The van der Waals surface area contributed by atoms with Crippen molar-refractivity contribution >= 4 is 52.9 Å². The average molecular weight is 523 g/mol. The zero-order valence-electron chi connectivity index (χ0n) is 16.2. The number of rotatable bonds is 8. The van der Waals surface area contributed by atoms with Crippen molar-refractivity contribution in [3.8, 4) is 0 Å². The summed E-state index contributed by atoms with van der Waals surface area (Å²) in [5.74, 6) is 0.885. The Hall–Kier alpha value is -0.900. The largest absolute Gasteiger partial charge is 0.375 e. The van der Waals surface area contributed by atoms with E-state index in [0.717, 1.165) is 41.2 Å². The Kier molecular flexibility index (Phi) is 11.2. The molecule has 1 aromatic heterocycles. The van der Waals surface area contributed by atoms with Crippen LogP contribution in [0.25, 0.3) is 0 Å². The molecule has 0 fully saturated rings. The standard InChI is InChI=1S/C19H27ClN4OS.HI/c1-5-21-19(22-11-10-15-6-8-16(20)9-7-15)24(3)12-17-13-26-18(23-17)14(2)25-4;/h6-9,13-14H,5,10-12H2,1-4H3,(H,21,22);1H. The number of aliphatic imine (C=N–C) groups is 1. The fourth-order valence-corrected chi connectivity index (χ4v) is 3.38. The normalized spacial score (nSPS) is 12.4. The van der Waals surface area contributed by atoms with Crippen LogP contribution in [0.15, 0.2) is 34.6 Å². The third-order valence-corrected chi connectivity index (χ3v) is 5.25. The number of aromatic nitrogens is 1. The van der Waals surface area contributed by atoms with Crippen LogP contribution >= 0.6 is 46.9 Å². The number of methoxy groups -OCH3 is 1. The zero-order valence-corrected chi connectivity index (χ0v) is 20.1. The van der Waals surface area contributed by atoms with Gasteiger partial charge in [0.15, 0.2) is 5.96 Å². The van der Waals surface area contributed by atoms with Crippen molar-refractivity contribution in [1.29, 1.82) is 0 Å². The molecule has 0 aliphatic carbocycles. The number of hydrogen-bond acceptors (Lipinski definition) is 4. The molecule has 0 aliphatic heterocycles. The van der Waals surface area contributed by atoms with Crippen LogP contribution in [0.2, 0.25) is 5.02 Å². The maximum Gasteiger partial charge on any atom is 0.194 e. The highest BCUT2D eigenvalue weighted by atomic mass is 127. The summed E-state index contributed by atoms with van der Waals surface area (Å²) in [5, 5.41) is 7.19. The van der Waals surface area contributed by atoms with Crippen molar-refractivity contribution in [3.05, 3.63) is 50.9 Å². The molecule has 0 saturated heterocycles. The molecule has 0 radical (unpaired) electrons.